The molecule has 2 aromatic heterocycles. The van der Waals surface area contributed by atoms with Gasteiger partial charge in [0.1, 0.15) is 0 Å². The molecule has 0 amide bonds. The highest BCUT2D eigenvalue weighted by atomic mass is 15.0. The Morgan fingerprint density at radius 1 is 0.372 bits per heavy atom. The van der Waals surface area contributed by atoms with E-state index in [1.165, 1.54) is 16.7 Å². The van der Waals surface area contributed by atoms with Gasteiger partial charge in [0, 0.05) is 29.1 Å². The zero-order valence-corrected chi connectivity index (χ0v) is 23.7. The summed E-state index contributed by atoms with van der Waals surface area (Å²) in [6, 6.07) is 48.0. The lowest BCUT2D eigenvalue weighted by molar-refractivity contribution is 1.07. The van der Waals surface area contributed by atoms with Crippen molar-refractivity contribution in [1.29, 1.82) is 0 Å². The van der Waals surface area contributed by atoms with Crippen LogP contribution in [0.5, 0.6) is 0 Å². The van der Waals surface area contributed by atoms with Gasteiger partial charge in [-0.3, -0.25) is 4.98 Å². The average molecular weight is 553 g/mol. The summed E-state index contributed by atoms with van der Waals surface area (Å²) in [6.45, 7) is 2.09. The summed E-state index contributed by atoms with van der Waals surface area (Å²) in [4.78, 5) is 19.0. The first kappa shape index (κ1) is 26.2. The molecule has 0 aliphatic heterocycles. The number of pyridine rings is 1. The Morgan fingerprint density at radius 2 is 0.791 bits per heavy atom. The van der Waals surface area contributed by atoms with E-state index in [-0.39, 0.29) is 0 Å². The van der Waals surface area contributed by atoms with Crippen LogP contribution in [0.2, 0.25) is 0 Å². The molecule has 0 radical (unpaired) electrons. The van der Waals surface area contributed by atoms with Crippen LogP contribution in [0.4, 0.5) is 0 Å². The van der Waals surface area contributed by atoms with Gasteiger partial charge >= 0.3 is 0 Å². The molecule has 4 nitrogen and oxygen atoms in total. The van der Waals surface area contributed by atoms with Gasteiger partial charge in [-0.1, -0.05) is 127 Å². The second-order valence-corrected chi connectivity index (χ2v) is 10.5. The summed E-state index contributed by atoms with van der Waals surface area (Å²) in [5, 5.41) is 0. The fourth-order valence-electron chi connectivity index (χ4n) is 5.27. The van der Waals surface area contributed by atoms with E-state index in [1.807, 2.05) is 48.8 Å². The maximum Gasteiger partial charge on any atom is 0.164 e. The molecule has 4 heteroatoms. The van der Waals surface area contributed by atoms with Gasteiger partial charge in [-0.15, -0.1) is 0 Å². The van der Waals surface area contributed by atoms with E-state index in [0.717, 1.165) is 38.9 Å². The van der Waals surface area contributed by atoms with Crippen LogP contribution in [-0.4, -0.2) is 19.9 Å². The molecule has 0 aliphatic rings. The third-order valence-electron chi connectivity index (χ3n) is 7.59. The van der Waals surface area contributed by atoms with Crippen molar-refractivity contribution in [3.63, 3.8) is 0 Å². The van der Waals surface area contributed by atoms with E-state index in [1.54, 1.807) is 0 Å². The number of aryl methyl sites for hydroxylation is 1. The van der Waals surface area contributed by atoms with Crippen LogP contribution in [0.1, 0.15) is 5.56 Å². The van der Waals surface area contributed by atoms with Gasteiger partial charge in [0.15, 0.2) is 17.5 Å². The summed E-state index contributed by atoms with van der Waals surface area (Å²) in [7, 11) is 0. The van der Waals surface area contributed by atoms with Gasteiger partial charge in [-0.05, 0) is 58.0 Å². The molecule has 7 rings (SSSR count). The molecule has 204 valence electrons. The Kier molecular flexibility index (Phi) is 7.08. The van der Waals surface area contributed by atoms with Crippen molar-refractivity contribution in [3.8, 4) is 67.5 Å². The predicted octanol–water partition coefficient (Wildman–Crippen LogP) is 9.58. The maximum atomic E-state index is 4.94. The van der Waals surface area contributed by atoms with Crippen LogP contribution in [0.25, 0.3) is 67.5 Å². The van der Waals surface area contributed by atoms with E-state index in [0.29, 0.717) is 17.5 Å². The Bertz CT molecular complexity index is 2000. The van der Waals surface area contributed by atoms with E-state index in [4.69, 9.17) is 15.0 Å². The third-order valence-corrected chi connectivity index (χ3v) is 7.59. The molecule has 0 N–H and O–H groups in total. The lowest BCUT2D eigenvalue weighted by atomic mass is 9.97. The molecule has 0 bridgehead atoms. The van der Waals surface area contributed by atoms with Gasteiger partial charge < -0.3 is 0 Å². The van der Waals surface area contributed by atoms with Crippen molar-refractivity contribution in [2.75, 3.05) is 0 Å². The van der Waals surface area contributed by atoms with Crippen molar-refractivity contribution < 1.29 is 0 Å². The Morgan fingerprint density at radius 3 is 1.35 bits per heavy atom. The van der Waals surface area contributed by atoms with Crippen LogP contribution in [0, 0.1) is 6.92 Å². The van der Waals surface area contributed by atoms with Crippen molar-refractivity contribution in [2.45, 2.75) is 6.92 Å². The van der Waals surface area contributed by atoms with Crippen LogP contribution in [-0.2, 0) is 0 Å². The molecule has 0 unspecified atom stereocenters. The number of hydrogen-bond acceptors (Lipinski definition) is 4. The molecule has 0 atom stereocenters. The molecule has 0 saturated heterocycles. The standard InChI is InChI=1S/C39H28N4/c1-27-26-40-24-23-36(27)35-14-8-13-34(25-35)30-17-21-33(22-18-30)39-42-37(31-11-6-3-7-12-31)41-38(43-39)32-19-15-29(16-20-32)28-9-4-2-5-10-28/h2-26H,1H3. The van der Waals surface area contributed by atoms with Crippen LogP contribution in [0.15, 0.2) is 152 Å². The molecule has 43 heavy (non-hydrogen) atoms. The summed E-state index contributed by atoms with van der Waals surface area (Å²) in [6.07, 6.45) is 3.75. The highest BCUT2D eigenvalue weighted by Gasteiger charge is 2.13. The summed E-state index contributed by atoms with van der Waals surface area (Å²) >= 11 is 0. The van der Waals surface area contributed by atoms with Gasteiger partial charge in [0.05, 0.1) is 0 Å². The van der Waals surface area contributed by atoms with Crippen LogP contribution >= 0.6 is 0 Å². The molecule has 7 aromatic rings. The van der Waals surface area contributed by atoms with Crippen molar-refractivity contribution in [3.05, 3.63) is 157 Å². The smallest absolute Gasteiger partial charge is 0.164 e. The number of hydrogen-bond donors (Lipinski definition) is 0. The van der Waals surface area contributed by atoms with Gasteiger partial charge in [0.2, 0.25) is 0 Å². The minimum atomic E-state index is 0.642. The second kappa shape index (κ2) is 11.6. The minimum absolute atomic E-state index is 0.642. The van der Waals surface area contributed by atoms with E-state index >= 15 is 0 Å². The third kappa shape index (κ3) is 5.59. The highest BCUT2D eigenvalue weighted by molar-refractivity contribution is 5.76. The first-order valence-corrected chi connectivity index (χ1v) is 14.3. The Hall–Kier alpha value is -5.74. The Labute approximate surface area is 251 Å². The van der Waals surface area contributed by atoms with E-state index < -0.39 is 0 Å². The minimum Gasteiger partial charge on any atom is -0.264 e. The number of aromatic nitrogens is 4. The van der Waals surface area contributed by atoms with Crippen LogP contribution in [0.3, 0.4) is 0 Å². The molecule has 5 aromatic carbocycles. The van der Waals surface area contributed by atoms with Gasteiger partial charge in [-0.25, -0.2) is 15.0 Å². The second-order valence-electron chi connectivity index (χ2n) is 10.5. The number of benzene rings is 5. The predicted molar refractivity (Wildman–Crippen MR) is 175 cm³/mol. The monoisotopic (exact) mass is 552 g/mol. The molecule has 0 spiro atoms. The fraction of sp³-hybridized carbons (Fsp3) is 0.0256. The summed E-state index contributed by atoms with van der Waals surface area (Å²) in [5.41, 5.74) is 11.0. The summed E-state index contributed by atoms with van der Waals surface area (Å²) in [5.74, 6) is 1.94. The number of nitrogens with zero attached hydrogens (tertiary/aromatic N) is 4. The molecule has 0 aliphatic carbocycles. The SMILES string of the molecule is Cc1cnccc1-c1cccc(-c2ccc(-c3nc(-c4ccccc4)nc(-c4ccc(-c5ccccc5)cc4)n3)cc2)c1. The van der Waals surface area contributed by atoms with Crippen LogP contribution < -0.4 is 0 Å². The quantitative estimate of drug-likeness (QED) is 0.206. The fourth-order valence-corrected chi connectivity index (χ4v) is 5.27. The Balaban J connectivity index is 1.25. The van der Waals surface area contributed by atoms with Crippen molar-refractivity contribution in [1.82, 2.24) is 19.9 Å². The molecular weight excluding hydrogens is 524 g/mol. The van der Waals surface area contributed by atoms with Crippen molar-refractivity contribution in [2.24, 2.45) is 0 Å². The summed E-state index contributed by atoms with van der Waals surface area (Å²) < 4.78 is 0. The first-order valence-electron chi connectivity index (χ1n) is 14.3. The van der Waals surface area contributed by atoms with Gasteiger partial charge in [0.25, 0.3) is 0 Å². The van der Waals surface area contributed by atoms with Crippen molar-refractivity contribution >= 4 is 0 Å². The maximum absolute atomic E-state index is 4.94. The molecule has 2 heterocycles. The molecular formula is C39H28N4. The normalized spacial score (nSPS) is 10.9. The molecule has 0 saturated carbocycles. The first-order chi connectivity index (χ1) is 21.2. The van der Waals surface area contributed by atoms with Gasteiger partial charge in [-0.2, -0.15) is 0 Å². The number of rotatable bonds is 6. The largest absolute Gasteiger partial charge is 0.264 e. The zero-order valence-electron chi connectivity index (χ0n) is 23.7. The highest BCUT2D eigenvalue weighted by Crippen LogP contribution is 2.31. The molecule has 0 fully saturated rings. The lowest BCUT2D eigenvalue weighted by Gasteiger charge is -2.10. The van der Waals surface area contributed by atoms with E-state index in [2.05, 4.69) is 115 Å². The zero-order chi connectivity index (χ0) is 29.0. The lowest BCUT2D eigenvalue weighted by Crippen LogP contribution is -2.00. The average Bonchev–Trinajstić information content (AvgIpc) is 3.09. The topological polar surface area (TPSA) is 51.6 Å². The van der Waals surface area contributed by atoms with E-state index in [9.17, 15) is 0 Å².